The van der Waals surface area contributed by atoms with E-state index < -0.39 is 0 Å². The van der Waals surface area contributed by atoms with Gasteiger partial charge in [0.05, 0.1) is 16.8 Å². The first-order valence-corrected chi connectivity index (χ1v) is 18.1. The number of benzene rings is 7. The minimum absolute atomic E-state index is 0.343. The molecule has 8 aromatic rings. The highest BCUT2D eigenvalue weighted by molar-refractivity contribution is 5.93. The van der Waals surface area contributed by atoms with E-state index >= 15 is 0 Å². The molecule has 0 aliphatic heterocycles. The number of hydrogen-bond donors (Lipinski definition) is 0. The van der Waals surface area contributed by atoms with E-state index in [9.17, 15) is 0 Å². The Morgan fingerprint density at radius 2 is 0.925 bits per heavy atom. The maximum Gasteiger partial charge on any atom is 0.160 e. The number of nitrogens with zero attached hydrogens (tertiary/aromatic N) is 2. The van der Waals surface area contributed by atoms with Gasteiger partial charge in [0.1, 0.15) is 0 Å². The molecule has 2 aliphatic carbocycles. The van der Waals surface area contributed by atoms with Crippen LogP contribution in [0.5, 0.6) is 0 Å². The van der Waals surface area contributed by atoms with E-state index in [0.717, 1.165) is 39.2 Å². The predicted octanol–water partition coefficient (Wildman–Crippen LogP) is 12.7. The summed E-state index contributed by atoms with van der Waals surface area (Å²) in [5.74, 6) is 0.708. The van der Waals surface area contributed by atoms with Gasteiger partial charge < -0.3 is 0 Å². The minimum atomic E-state index is -0.343. The van der Waals surface area contributed by atoms with Crippen LogP contribution in [0.15, 0.2) is 200 Å². The van der Waals surface area contributed by atoms with Crippen molar-refractivity contribution in [3.63, 3.8) is 0 Å². The van der Waals surface area contributed by atoms with E-state index in [-0.39, 0.29) is 5.41 Å². The van der Waals surface area contributed by atoms with Crippen LogP contribution in [0.4, 0.5) is 0 Å². The van der Waals surface area contributed by atoms with E-state index in [2.05, 4.69) is 158 Å². The highest BCUT2D eigenvalue weighted by atomic mass is 14.9. The third-order valence-electron chi connectivity index (χ3n) is 10.9. The Hall–Kier alpha value is -6.90. The standard InChI is InChI=1S/C51H34N2/c1-2-42-31-40-18-9-11-22-45(40)51(42)46-23-12-10-21-43(46)44-32-39(28-29-47(44)51)35-26-24-34(25-27-35)38-19-13-20-41(30-38)50-52-48(36-14-5-3-6-15-36)33-49(53-50)37-16-7-4-8-17-37/h2-33H,1H2. The lowest BCUT2D eigenvalue weighted by molar-refractivity contribution is 0.787. The van der Waals surface area contributed by atoms with Crippen LogP contribution in [0.1, 0.15) is 22.3 Å². The molecule has 0 N–H and O–H groups in total. The number of rotatable bonds is 6. The zero-order valence-corrected chi connectivity index (χ0v) is 29.1. The topological polar surface area (TPSA) is 25.8 Å². The molecule has 1 aromatic heterocycles. The molecule has 0 radical (unpaired) electrons. The largest absolute Gasteiger partial charge is 0.228 e. The van der Waals surface area contributed by atoms with Crippen LogP contribution in [0.2, 0.25) is 0 Å². The molecule has 53 heavy (non-hydrogen) atoms. The Morgan fingerprint density at radius 1 is 0.396 bits per heavy atom. The second-order valence-corrected chi connectivity index (χ2v) is 13.8. The number of hydrogen-bond acceptors (Lipinski definition) is 2. The van der Waals surface area contributed by atoms with Gasteiger partial charge in [-0.1, -0.05) is 176 Å². The van der Waals surface area contributed by atoms with E-state index in [1.807, 2.05) is 42.5 Å². The van der Waals surface area contributed by atoms with Crippen molar-refractivity contribution in [2.75, 3.05) is 0 Å². The van der Waals surface area contributed by atoms with Gasteiger partial charge in [-0.3, -0.25) is 0 Å². The van der Waals surface area contributed by atoms with Crippen molar-refractivity contribution < 1.29 is 0 Å². The lowest BCUT2D eigenvalue weighted by Gasteiger charge is -2.31. The molecule has 1 spiro atoms. The van der Waals surface area contributed by atoms with Crippen LogP contribution >= 0.6 is 0 Å². The zero-order chi connectivity index (χ0) is 35.4. The molecule has 10 rings (SSSR count). The average Bonchev–Trinajstić information content (AvgIpc) is 3.74. The first-order chi connectivity index (χ1) is 26.2. The number of fused-ring (bicyclic) bond motifs is 7. The second kappa shape index (κ2) is 12.4. The zero-order valence-electron chi connectivity index (χ0n) is 29.1. The maximum atomic E-state index is 5.06. The summed E-state index contributed by atoms with van der Waals surface area (Å²) in [4.78, 5) is 10.1. The quantitative estimate of drug-likeness (QED) is 0.175. The molecule has 1 heterocycles. The monoisotopic (exact) mass is 674 g/mol. The molecule has 0 amide bonds. The van der Waals surface area contributed by atoms with Crippen LogP contribution in [-0.4, -0.2) is 9.97 Å². The summed E-state index contributed by atoms with van der Waals surface area (Å²) in [6.07, 6.45) is 4.35. The molecule has 1 atom stereocenters. The molecule has 2 nitrogen and oxygen atoms in total. The fourth-order valence-electron chi connectivity index (χ4n) is 8.46. The fraction of sp³-hybridized carbons (Fsp3) is 0.0196. The lowest BCUT2D eigenvalue weighted by atomic mass is 9.69. The maximum absolute atomic E-state index is 5.06. The van der Waals surface area contributed by atoms with Gasteiger partial charge >= 0.3 is 0 Å². The highest BCUT2D eigenvalue weighted by Crippen LogP contribution is 2.60. The van der Waals surface area contributed by atoms with Gasteiger partial charge in [0.2, 0.25) is 0 Å². The average molecular weight is 675 g/mol. The van der Waals surface area contributed by atoms with Crippen molar-refractivity contribution in [2.45, 2.75) is 5.41 Å². The third kappa shape index (κ3) is 4.95. The first-order valence-electron chi connectivity index (χ1n) is 18.1. The molecule has 0 bridgehead atoms. The number of aromatic nitrogens is 2. The van der Waals surface area contributed by atoms with E-state index in [1.54, 1.807) is 0 Å². The van der Waals surface area contributed by atoms with Crippen LogP contribution in [0.25, 0.3) is 73.4 Å². The summed E-state index contributed by atoms with van der Waals surface area (Å²) in [7, 11) is 0. The van der Waals surface area contributed by atoms with Crippen molar-refractivity contribution in [2.24, 2.45) is 0 Å². The van der Waals surface area contributed by atoms with E-state index in [0.29, 0.717) is 5.82 Å². The van der Waals surface area contributed by atoms with Crippen molar-refractivity contribution in [3.8, 4) is 67.3 Å². The van der Waals surface area contributed by atoms with Crippen molar-refractivity contribution in [1.82, 2.24) is 9.97 Å². The molecular formula is C51H34N2. The minimum Gasteiger partial charge on any atom is -0.228 e. The summed E-state index contributed by atoms with van der Waals surface area (Å²) in [5, 5.41) is 0. The van der Waals surface area contributed by atoms with Crippen LogP contribution < -0.4 is 0 Å². The molecule has 2 heteroatoms. The summed E-state index contributed by atoms with van der Waals surface area (Å²) in [5.41, 5.74) is 18.3. The van der Waals surface area contributed by atoms with Crippen molar-refractivity contribution in [3.05, 3.63) is 222 Å². The Balaban J connectivity index is 1.01. The van der Waals surface area contributed by atoms with Gasteiger partial charge in [-0.05, 0) is 85.5 Å². The Kier molecular flexibility index (Phi) is 7.23. The summed E-state index contributed by atoms with van der Waals surface area (Å²) in [6, 6.07) is 64.9. The Bertz CT molecular complexity index is 2670. The van der Waals surface area contributed by atoms with Gasteiger partial charge in [-0.25, -0.2) is 9.97 Å². The fourth-order valence-corrected chi connectivity index (χ4v) is 8.46. The summed E-state index contributed by atoms with van der Waals surface area (Å²) >= 11 is 0. The van der Waals surface area contributed by atoms with Gasteiger partial charge in [0.25, 0.3) is 0 Å². The van der Waals surface area contributed by atoms with Gasteiger partial charge in [0, 0.05) is 16.7 Å². The third-order valence-corrected chi connectivity index (χ3v) is 10.9. The van der Waals surface area contributed by atoms with Crippen LogP contribution in [0.3, 0.4) is 0 Å². The molecule has 0 fully saturated rings. The van der Waals surface area contributed by atoms with E-state index in [4.69, 9.17) is 9.97 Å². The number of allylic oxidation sites excluding steroid dienone is 2. The SMILES string of the molecule is C=CC1=Cc2ccccc2C12c1ccccc1-c1cc(-c3ccc(-c4cccc(-c5nc(-c6ccccc6)cc(-c6ccccc6)n5)c4)cc3)ccc12. The van der Waals surface area contributed by atoms with Gasteiger partial charge in [-0.15, -0.1) is 0 Å². The summed E-state index contributed by atoms with van der Waals surface area (Å²) in [6.45, 7) is 4.27. The smallest absolute Gasteiger partial charge is 0.160 e. The second-order valence-electron chi connectivity index (χ2n) is 13.8. The normalized spacial score (nSPS) is 15.1. The molecule has 1 unspecified atom stereocenters. The molecular weight excluding hydrogens is 641 g/mol. The molecule has 248 valence electrons. The molecule has 7 aromatic carbocycles. The molecule has 0 saturated carbocycles. The Morgan fingerprint density at radius 3 is 1.60 bits per heavy atom. The highest BCUT2D eigenvalue weighted by Gasteiger charge is 2.49. The van der Waals surface area contributed by atoms with Crippen molar-refractivity contribution in [1.29, 1.82) is 0 Å². The lowest BCUT2D eigenvalue weighted by Crippen LogP contribution is -2.26. The first kappa shape index (κ1) is 30.9. The van der Waals surface area contributed by atoms with Crippen molar-refractivity contribution >= 4 is 6.08 Å². The van der Waals surface area contributed by atoms with Gasteiger partial charge in [-0.2, -0.15) is 0 Å². The molecule has 2 aliphatic rings. The summed E-state index contributed by atoms with van der Waals surface area (Å²) < 4.78 is 0. The van der Waals surface area contributed by atoms with E-state index in [1.165, 1.54) is 50.1 Å². The molecule has 0 saturated heterocycles. The van der Waals surface area contributed by atoms with Crippen LogP contribution in [0, 0.1) is 0 Å². The predicted molar refractivity (Wildman–Crippen MR) is 219 cm³/mol. The van der Waals surface area contributed by atoms with Crippen LogP contribution in [-0.2, 0) is 5.41 Å². The van der Waals surface area contributed by atoms with Gasteiger partial charge in [0.15, 0.2) is 5.82 Å². The Labute approximate surface area is 310 Å².